The summed E-state index contributed by atoms with van der Waals surface area (Å²) in [6.07, 6.45) is 2.68. The smallest absolute Gasteiger partial charge is 0.00314 e. The Hall–Kier alpha value is 0.480. The summed E-state index contributed by atoms with van der Waals surface area (Å²) in [5.41, 5.74) is 0. The van der Waals surface area contributed by atoms with E-state index in [0.717, 1.165) is 17.2 Å². The second-order valence-electron chi connectivity index (χ2n) is 3.05. The summed E-state index contributed by atoms with van der Waals surface area (Å²) >= 11 is 3.43. The molecule has 56 valence electrons. The molecule has 0 aromatic heterocycles. The molecule has 0 rings (SSSR count). The van der Waals surface area contributed by atoms with Crippen molar-refractivity contribution < 1.29 is 0 Å². The fourth-order valence-electron chi connectivity index (χ4n) is 0.732. The van der Waals surface area contributed by atoms with Crippen LogP contribution in [0, 0.1) is 11.8 Å². The highest BCUT2D eigenvalue weighted by atomic mass is 79.9. The number of hydrogen-bond donors (Lipinski definition) is 0. The fraction of sp³-hybridized carbons (Fsp3) is 1.00. The maximum atomic E-state index is 3.43. The summed E-state index contributed by atoms with van der Waals surface area (Å²) in [7, 11) is 0. The number of rotatable bonds is 4. The van der Waals surface area contributed by atoms with Crippen LogP contribution in [0.25, 0.3) is 0 Å². The van der Waals surface area contributed by atoms with Gasteiger partial charge in [0.25, 0.3) is 0 Å². The molecule has 0 heterocycles. The Labute approximate surface area is 67.2 Å². The van der Waals surface area contributed by atoms with Crippen molar-refractivity contribution >= 4 is 15.9 Å². The van der Waals surface area contributed by atoms with E-state index in [1.165, 1.54) is 12.8 Å². The lowest BCUT2D eigenvalue weighted by Gasteiger charge is -2.13. The van der Waals surface area contributed by atoms with E-state index in [9.17, 15) is 0 Å². The summed E-state index contributed by atoms with van der Waals surface area (Å²) in [5.74, 6) is 1.74. The molecule has 0 radical (unpaired) electrons. The van der Waals surface area contributed by atoms with Crippen LogP contribution in [0.1, 0.15) is 33.6 Å². The highest BCUT2D eigenvalue weighted by Gasteiger charge is 2.04. The Morgan fingerprint density at radius 2 is 1.78 bits per heavy atom. The van der Waals surface area contributed by atoms with Crippen LogP contribution < -0.4 is 0 Å². The van der Waals surface area contributed by atoms with E-state index in [-0.39, 0.29) is 0 Å². The highest BCUT2D eigenvalue weighted by molar-refractivity contribution is 9.09. The van der Waals surface area contributed by atoms with E-state index in [0.29, 0.717) is 0 Å². The minimum absolute atomic E-state index is 0.851. The van der Waals surface area contributed by atoms with Crippen LogP contribution in [-0.4, -0.2) is 5.33 Å². The summed E-state index contributed by atoms with van der Waals surface area (Å²) in [4.78, 5) is 0. The lowest BCUT2D eigenvalue weighted by molar-refractivity contribution is 0.390. The topological polar surface area (TPSA) is 0 Å². The van der Waals surface area contributed by atoms with Gasteiger partial charge in [0.05, 0.1) is 0 Å². The van der Waals surface area contributed by atoms with Crippen LogP contribution in [0.2, 0.25) is 0 Å². The van der Waals surface area contributed by atoms with E-state index in [1.54, 1.807) is 0 Å². The first kappa shape index (κ1) is 9.48. The van der Waals surface area contributed by atoms with Crippen molar-refractivity contribution in [2.45, 2.75) is 33.6 Å². The van der Waals surface area contributed by atoms with E-state index in [2.05, 4.69) is 36.7 Å². The predicted octanol–water partition coefficient (Wildman–Crippen LogP) is 3.45. The van der Waals surface area contributed by atoms with Crippen LogP contribution in [0.15, 0.2) is 0 Å². The molecule has 0 spiro atoms. The second kappa shape index (κ2) is 5.28. The van der Waals surface area contributed by atoms with Gasteiger partial charge in [0.1, 0.15) is 0 Å². The zero-order valence-electron chi connectivity index (χ0n) is 6.65. The molecule has 0 aliphatic carbocycles. The van der Waals surface area contributed by atoms with Gasteiger partial charge in [-0.2, -0.15) is 0 Å². The first-order valence-corrected chi connectivity index (χ1v) is 4.86. The van der Waals surface area contributed by atoms with Gasteiger partial charge in [0.15, 0.2) is 0 Å². The fourth-order valence-corrected chi connectivity index (χ4v) is 1.06. The van der Waals surface area contributed by atoms with Crippen molar-refractivity contribution in [2.24, 2.45) is 11.8 Å². The average molecular weight is 193 g/mol. The zero-order chi connectivity index (χ0) is 7.28. The van der Waals surface area contributed by atoms with Crippen LogP contribution in [0.5, 0.6) is 0 Å². The summed E-state index contributed by atoms with van der Waals surface area (Å²) < 4.78 is 0. The van der Waals surface area contributed by atoms with E-state index < -0.39 is 0 Å². The Morgan fingerprint density at radius 1 is 1.22 bits per heavy atom. The van der Waals surface area contributed by atoms with Crippen molar-refractivity contribution in [3.05, 3.63) is 0 Å². The Kier molecular flexibility index (Phi) is 5.56. The van der Waals surface area contributed by atoms with E-state index in [1.807, 2.05) is 0 Å². The highest BCUT2D eigenvalue weighted by Crippen LogP contribution is 2.15. The molecule has 1 heteroatoms. The first-order chi connectivity index (χ1) is 4.18. The number of alkyl halides is 1. The minimum Gasteiger partial charge on any atom is -0.0928 e. The molecule has 0 saturated carbocycles. The van der Waals surface area contributed by atoms with Gasteiger partial charge in [-0.05, 0) is 24.7 Å². The van der Waals surface area contributed by atoms with E-state index in [4.69, 9.17) is 0 Å². The predicted molar refractivity (Wildman–Crippen MR) is 47.0 cm³/mol. The average Bonchev–Trinajstić information content (AvgIpc) is 1.82. The molecule has 0 aromatic rings. The molecule has 0 aliphatic rings. The van der Waals surface area contributed by atoms with Crippen molar-refractivity contribution in [3.63, 3.8) is 0 Å². The van der Waals surface area contributed by atoms with Crippen molar-refractivity contribution in [1.82, 2.24) is 0 Å². The molecule has 0 saturated heterocycles. The molecular formula is C8H17Br. The third-order valence-electron chi connectivity index (χ3n) is 1.93. The molecule has 0 fully saturated rings. The summed E-state index contributed by atoms with van der Waals surface area (Å²) in [5, 5.41) is 1.16. The maximum absolute atomic E-state index is 3.43. The molecule has 0 N–H and O–H groups in total. The monoisotopic (exact) mass is 192 g/mol. The normalized spacial score (nSPS) is 14.3. The largest absolute Gasteiger partial charge is 0.0928 e. The van der Waals surface area contributed by atoms with Crippen LogP contribution >= 0.6 is 15.9 Å². The zero-order valence-corrected chi connectivity index (χ0v) is 8.24. The number of hydrogen-bond acceptors (Lipinski definition) is 0. The van der Waals surface area contributed by atoms with Gasteiger partial charge in [0, 0.05) is 5.33 Å². The van der Waals surface area contributed by atoms with Gasteiger partial charge in [-0.25, -0.2) is 0 Å². The molecule has 9 heavy (non-hydrogen) atoms. The SMILES string of the molecule is CC(C)C(C)CCCBr. The van der Waals surface area contributed by atoms with Gasteiger partial charge in [-0.3, -0.25) is 0 Å². The standard InChI is InChI=1S/C8H17Br/c1-7(2)8(3)5-4-6-9/h7-8H,4-6H2,1-3H3. The Bertz CT molecular complexity index is 59.6. The summed E-state index contributed by atoms with van der Waals surface area (Å²) in [6, 6.07) is 0. The van der Waals surface area contributed by atoms with Crippen molar-refractivity contribution in [3.8, 4) is 0 Å². The molecule has 0 aromatic carbocycles. The quantitative estimate of drug-likeness (QED) is 0.600. The van der Waals surface area contributed by atoms with Crippen LogP contribution in [0.3, 0.4) is 0 Å². The first-order valence-electron chi connectivity index (χ1n) is 3.74. The third kappa shape index (κ3) is 4.95. The minimum atomic E-state index is 0.851. The van der Waals surface area contributed by atoms with E-state index >= 15 is 0 Å². The molecule has 0 amide bonds. The van der Waals surface area contributed by atoms with Gasteiger partial charge in [-0.1, -0.05) is 36.7 Å². The van der Waals surface area contributed by atoms with Gasteiger partial charge >= 0.3 is 0 Å². The van der Waals surface area contributed by atoms with Gasteiger partial charge in [-0.15, -0.1) is 0 Å². The molecule has 0 nitrogen and oxygen atoms in total. The molecule has 1 unspecified atom stereocenters. The molecular weight excluding hydrogens is 176 g/mol. The third-order valence-corrected chi connectivity index (χ3v) is 2.49. The van der Waals surface area contributed by atoms with Crippen molar-refractivity contribution in [1.29, 1.82) is 0 Å². The molecule has 1 atom stereocenters. The second-order valence-corrected chi connectivity index (χ2v) is 3.85. The summed E-state index contributed by atoms with van der Waals surface area (Å²) in [6.45, 7) is 6.91. The Balaban J connectivity index is 3.16. The van der Waals surface area contributed by atoms with Crippen molar-refractivity contribution in [2.75, 3.05) is 5.33 Å². The lowest BCUT2D eigenvalue weighted by Crippen LogP contribution is -2.03. The molecule has 0 bridgehead atoms. The van der Waals surface area contributed by atoms with Crippen LogP contribution in [0.4, 0.5) is 0 Å². The lowest BCUT2D eigenvalue weighted by atomic mass is 9.94. The maximum Gasteiger partial charge on any atom is 0.00314 e. The van der Waals surface area contributed by atoms with Crippen LogP contribution in [-0.2, 0) is 0 Å². The van der Waals surface area contributed by atoms with Gasteiger partial charge < -0.3 is 0 Å². The van der Waals surface area contributed by atoms with Gasteiger partial charge in [0.2, 0.25) is 0 Å². The Morgan fingerprint density at radius 3 is 2.11 bits per heavy atom. The molecule has 0 aliphatic heterocycles. The number of halogens is 1.